The lowest BCUT2D eigenvalue weighted by atomic mass is 9.88. The Morgan fingerprint density at radius 3 is 2.64 bits per heavy atom. The lowest BCUT2D eigenvalue weighted by Crippen LogP contribution is -2.36. The number of hydrogen-bond acceptors (Lipinski definition) is 5. The van der Waals surface area contributed by atoms with Gasteiger partial charge in [0.2, 0.25) is 0 Å². The van der Waals surface area contributed by atoms with E-state index in [1.54, 1.807) is 36.4 Å². The van der Waals surface area contributed by atoms with Gasteiger partial charge in [-0.05, 0) is 24.3 Å². The van der Waals surface area contributed by atoms with Gasteiger partial charge in [0.15, 0.2) is 11.4 Å². The molecule has 0 radical (unpaired) electrons. The topological polar surface area (TPSA) is 84.9 Å². The summed E-state index contributed by atoms with van der Waals surface area (Å²) >= 11 is 3.31. The summed E-state index contributed by atoms with van der Waals surface area (Å²) in [6.45, 7) is 0. The Hall–Kier alpha value is -2.38. The number of aliphatic hydroxyl groups is 1. The normalized spacial score (nSPS) is 18.5. The highest BCUT2D eigenvalue weighted by Crippen LogP contribution is 2.41. The molecule has 1 amide bonds. The van der Waals surface area contributed by atoms with Crippen LogP contribution >= 0.6 is 15.9 Å². The van der Waals surface area contributed by atoms with Crippen LogP contribution in [0.4, 0.5) is 5.69 Å². The second-order valence-corrected chi connectivity index (χ2v) is 6.59. The van der Waals surface area contributed by atoms with E-state index in [0.717, 1.165) is 4.47 Å². The SMILES string of the molecule is COc1ccc(C(=O)C[C@@]2(O)C(=O)Nc3cc(Br)ccc32)c(OC)c1. The second-order valence-electron chi connectivity index (χ2n) is 5.67. The van der Waals surface area contributed by atoms with Crippen LogP contribution in [0, 0.1) is 0 Å². The number of rotatable bonds is 5. The molecule has 1 aliphatic rings. The molecule has 0 aromatic heterocycles. The summed E-state index contributed by atoms with van der Waals surface area (Å²) in [6, 6.07) is 9.78. The highest BCUT2D eigenvalue weighted by Gasteiger charge is 2.47. The standard InChI is InChI=1S/C18H16BrNO5/c1-24-11-4-5-12(16(8-11)25-2)15(21)9-18(23)13-6-3-10(19)7-14(13)20-17(18)22/h3-8,23H,9H2,1-2H3,(H,20,22)/t18-/m0/s1. The predicted molar refractivity (Wildman–Crippen MR) is 95.2 cm³/mol. The summed E-state index contributed by atoms with van der Waals surface area (Å²) in [6.07, 6.45) is -0.393. The first-order valence-corrected chi connectivity index (χ1v) is 8.27. The average Bonchev–Trinajstić information content (AvgIpc) is 2.83. The Labute approximate surface area is 152 Å². The highest BCUT2D eigenvalue weighted by atomic mass is 79.9. The van der Waals surface area contributed by atoms with E-state index in [-0.39, 0.29) is 5.56 Å². The molecule has 2 N–H and O–H groups in total. The number of ketones is 1. The van der Waals surface area contributed by atoms with Gasteiger partial charge < -0.3 is 19.9 Å². The van der Waals surface area contributed by atoms with Gasteiger partial charge in [-0.25, -0.2) is 0 Å². The van der Waals surface area contributed by atoms with Crippen molar-refractivity contribution in [1.82, 2.24) is 0 Å². The van der Waals surface area contributed by atoms with Crippen molar-refractivity contribution in [3.63, 3.8) is 0 Å². The van der Waals surface area contributed by atoms with Crippen molar-refractivity contribution in [3.05, 3.63) is 52.0 Å². The fraction of sp³-hybridized carbons (Fsp3) is 0.222. The van der Waals surface area contributed by atoms with Gasteiger partial charge in [-0.1, -0.05) is 22.0 Å². The maximum Gasteiger partial charge on any atom is 0.261 e. The molecule has 0 unspecified atom stereocenters. The first-order valence-electron chi connectivity index (χ1n) is 7.48. The first kappa shape index (κ1) is 17.4. The molecule has 7 heteroatoms. The molecule has 1 atom stereocenters. The van der Waals surface area contributed by atoms with Crippen molar-refractivity contribution in [2.45, 2.75) is 12.0 Å². The molecule has 3 rings (SSSR count). The lowest BCUT2D eigenvalue weighted by molar-refractivity contribution is -0.133. The van der Waals surface area contributed by atoms with E-state index < -0.39 is 23.7 Å². The molecule has 1 heterocycles. The third-order valence-corrected chi connectivity index (χ3v) is 4.67. The van der Waals surface area contributed by atoms with Crippen LogP contribution in [-0.4, -0.2) is 31.0 Å². The van der Waals surface area contributed by atoms with Gasteiger partial charge in [-0.3, -0.25) is 9.59 Å². The zero-order valence-corrected chi connectivity index (χ0v) is 15.2. The van der Waals surface area contributed by atoms with E-state index in [1.165, 1.54) is 14.2 Å². The van der Waals surface area contributed by atoms with Gasteiger partial charge >= 0.3 is 0 Å². The molecular weight excluding hydrogens is 390 g/mol. The van der Waals surface area contributed by atoms with Crippen LogP contribution in [0.15, 0.2) is 40.9 Å². The number of carbonyl (C=O) groups is 2. The molecule has 2 aromatic carbocycles. The molecule has 2 aromatic rings. The van der Waals surface area contributed by atoms with Crippen LogP contribution in [0.5, 0.6) is 11.5 Å². The average molecular weight is 406 g/mol. The Kier molecular flexibility index (Phi) is 4.53. The van der Waals surface area contributed by atoms with E-state index in [1.807, 2.05) is 0 Å². The van der Waals surface area contributed by atoms with Gasteiger partial charge in [0.25, 0.3) is 5.91 Å². The number of anilines is 1. The number of amides is 1. The number of Topliss-reactive ketones (excluding diaryl/α,β-unsaturated/α-hetero) is 1. The molecule has 1 aliphatic heterocycles. The molecule has 0 saturated carbocycles. The van der Waals surface area contributed by atoms with E-state index in [4.69, 9.17) is 9.47 Å². The van der Waals surface area contributed by atoms with E-state index in [2.05, 4.69) is 21.2 Å². The lowest BCUT2D eigenvalue weighted by Gasteiger charge is -2.20. The molecule has 0 saturated heterocycles. The molecule has 130 valence electrons. The minimum absolute atomic E-state index is 0.273. The Morgan fingerprint density at radius 1 is 1.20 bits per heavy atom. The molecule has 0 bridgehead atoms. The zero-order chi connectivity index (χ0) is 18.2. The zero-order valence-electron chi connectivity index (χ0n) is 13.6. The van der Waals surface area contributed by atoms with Crippen LogP contribution in [0.3, 0.4) is 0 Å². The fourth-order valence-corrected chi connectivity index (χ4v) is 3.22. The molecule has 0 aliphatic carbocycles. The molecule has 6 nitrogen and oxygen atoms in total. The number of methoxy groups -OCH3 is 2. The molecule has 25 heavy (non-hydrogen) atoms. The number of hydrogen-bond donors (Lipinski definition) is 2. The summed E-state index contributed by atoms with van der Waals surface area (Å²) < 4.78 is 11.1. The second kappa shape index (κ2) is 6.50. The third kappa shape index (κ3) is 3.01. The smallest absolute Gasteiger partial charge is 0.261 e. The summed E-state index contributed by atoms with van der Waals surface area (Å²) in [4.78, 5) is 25.0. The number of fused-ring (bicyclic) bond motifs is 1. The number of benzene rings is 2. The molecule has 0 spiro atoms. The third-order valence-electron chi connectivity index (χ3n) is 4.18. The van der Waals surface area contributed by atoms with Crippen molar-refractivity contribution in [2.24, 2.45) is 0 Å². The van der Waals surface area contributed by atoms with Crippen molar-refractivity contribution in [2.75, 3.05) is 19.5 Å². The van der Waals surface area contributed by atoms with Gasteiger partial charge in [0.05, 0.1) is 26.2 Å². The summed E-state index contributed by atoms with van der Waals surface area (Å²) in [5.74, 6) is -0.169. The number of halogens is 1. The van der Waals surface area contributed by atoms with Crippen molar-refractivity contribution in [1.29, 1.82) is 0 Å². The minimum atomic E-state index is -1.92. The largest absolute Gasteiger partial charge is 0.497 e. The van der Waals surface area contributed by atoms with Gasteiger partial charge in [0, 0.05) is 21.8 Å². The van der Waals surface area contributed by atoms with Crippen LogP contribution < -0.4 is 14.8 Å². The van der Waals surface area contributed by atoms with Crippen LogP contribution in [0.1, 0.15) is 22.3 Å². The first-order chi connectivity index (χ1) is 11.9. The Bertz CT molecular complexity index is 867. The van der Waals surface area contributed by atoms with Gasteiger partial charge in [-0.15, -0.1) is 0 Å². The van der Waals surface area contributed by atoms with E-state index in [0.29, 0.717) is 22.7 Å². The Balaban J connectivity index is 1.95. The predicted octanol–water partition coefficient (Wildman–Crippen LogP) is 2.88. The molecule has 0 fully saturated rings. The summed E-state index contributed by atoms with van der Waals surface area (Å²) in [7, 11) is 2.95. The van der Waals surface area contributed by atoms with Crippen LogP contribution in [-0.2, 0) is 10.4 Å². The van der Waals surface area contributed by atoms with Gasteiger partial charge in [-0.2, -0.15) is 0 Å². The van der Waals surface area contributed by atoms with Crippen molar-refractivity contribution >= 4 is 33.3 Å². The van der Waals surface area contributed by atoms with Crippen molar-refractivity contribution in [3.8, 4) is 11.5 Å². The maximum atomic E-state index is 12.7. The monoisotopic (exact) mass is 405 g/mol. The quantitative estimate of drug-likeness (QED) is 0.747. The van der Waals surface area contributed by atoms with Crippen molar-refractivity contribution < 1.29 is 24.2 Å². The number of ether oxygens (including phenoxy) is 2. The highest BCUT2D eigenvalue weighted by molar-refractivity contribution is 9.10. The van der Waals surface area contributed by atoms with Crippen LogP contribution in [0.2, 0.25) is 0 Å². The number of carbonyl (C=O) groups excluding carboxylic acids is 2. The van der Waals surface area contributed by atoms with E-state index in [9.17, 15) is 14.7 Å². The summed E-state index contributed by atoms with van der Waals surface area (Å²) in [5.41, 5.74) is -0.786. The van der Waals surface area contributed by atoms with Crippen LogP contribution in [0.25, 0.3) is 0 Å². The summed E-state index contributed by atoms with van der Waals surface area (Å²) in [5, 5.41) is 13.5. The maximum absolute atomic E-state index is 12.7. The van der Waals surface area contributed by atoms with Gasteiger partial charge in [0.1, 0.15) is 11.5 Å². The fourth-order valence-electron chi connectivity index (χ4n) is 2.86. The number of nitrogens with one attached hydrogen (secondary N) is 1. The van der Waals surface area contributed by atoms with E-state index >= 15 is 0 Å². The molecular formula is C18H16BrNO5. The minimum Gasteiger partial charge on any atom is -0.497 e. The Morgan fingerprint density at radius 2 is 1.96 bits per heavy atom.